The van der Waals surface area contributed by atoms with Crippen molar-refractivity contribution in [3.63, 3.8) is 0 Å². The van der Waals surface area contributed by atoms with E-state index in [-0.39, 0.29) is 22.9 Å². The third-order valence-electron chi connectivity index (χ3n) is 6.53. The van der Waals surface area contributed by atoms with E-state index in [9.17, 15) is 14.4 Å². The van der Waals surface area contributed by atoms with E-state index in [0.29, 0.717) is 45.6 Å². The van der Waals surface area contributed by atoms with E-state index in [1.54, 1.807) is 11.7 Å². The first-order valence-corrected chi connectivity index (χ1v) is 11.3. The molecule has 0 spiro atoms. The van der Waals surface area contributed by atoms with Crippen molar-refractivity contribution in [3.8, 4) is 0 Å². The summed E-state index contributed by atoms with van der Waals surface area (Å²) in [7, 11) is 1.63. The molecule has 1 aromatic heterocycles. The molecule has 32 heavy (non-hydrogen) atoms. The van der Waals surface area contributed by atoms with Gasteiger partial charge in [0.05, 0.1) is 12.0 Å². The number of nitrogens with zero attached hydrogens (tertiary/aromatic N) is 2. The molecule has 1 fully saturated rings. The van der Waals surface area contributed by atoms with Crippen LogP contribution in [-0.2, 0) is 35.5 Å². The molecule has 2 amide bonds. The first kappa shape index (κ1) is 22.3. The molecule has 170 valence electrons. The Labute approximate surface area is 188 Å². The predicted molar refractivity (Wildman–Crippen MR) is 122 cm³/mol. The number of aromatic nitrogens is 1. The van der Waals surface area contributed by atoms with Crippen LogP contribution in [0.15, 0.2) is 41.3 Å². The van der Waals surface area contributed by atoms with Crippen LogP contribution in [0.25, 0.3) is 0 Å². The molecular weight excluding hydrogens is 406 g/mol. The highest BCUT2D eigenvalue weighted by atomic mass is 16.5. The largest absolute Gasteiger partial charge is 0.384 e. The Balaban J connectivity index is 1.65. The zero-order valence-corrected chi connectivity index (χ0v) is 18.9. The number of ether oxygens (including phenoxy) is 1. The molecule has 0 atom stereocenters. The van der Waals surface area contributed by atoms with Gasteiger partial charge in [0.25, 0.3) is 11.5 Å². The normalized spacial score (nSPS) is 16.4. The van der Waals surface area contributed by atoms with Crippen LogP contribution >= 0.6 is 0 Å². The van der Waals surface area contributed by atoms with Gasteiger partial charge in [-0.3, -0.25) is 14.4 Å². The van der Waals surface area contributed by atoms with Crippen molar-refractivity contribution in [2.75, 3.05) is 26.8 Å². The average molecular weight is 438 g/mol. The topological polar surface area (TPSA) is 80.6 Å². The van der Waals surface area contributed by atoms with Crippen molar-refractivity contribution in [2.24, 2.45) is 5.41 Å². The number of carbonyl (C=O) groups is 2. The summed E-state index contributed by atoms with van der Waals surface area (Å²) in [6.45, 7) is 4.14. The zero-order valence-electron chi connectivity index (χ0n) is 18.9. The summed E-state index contributed by atoms with van der Waals surface area (Å²) < 4.78 is 6.92. The van der Waals surface area contributed by atoms with E-state index < -0.39 is 5.41 Å². The van der Waals surface area contributed by atoms with Gasteiger partial charge in [-0.2, -0.15) is 0 Å². The van der Waals surface area contributed by atoms with Gasteiger partial charge in [0, 0.05) is 39.5 Å². The van der Waals surface area contributed by atoms with Crippen LogP contribution in [0.1, 0.15) is 46.8 Å². The summed E-state index contributed by atoms with van der Waals surface area (Å²) in [4.78, 5) is 41.1. The maximum absolute atomic E-state index is 13.3. The summed E-state index contributed by atoms with van der Waals surface area (Å²) >= 11 is 0. The number of pyridine rings is 1. The van der Waals surface area contributed by atoms with Gasteiger partial charge in [0.15, 0.2) is 0 Å². The highest BCUT2D eigenvalue weighted by Gasteiger charge is 2.52. The minimum Gasteiger partial charge on any atom is -0.384 e. The molecule has 0 unspecified atom stereocenters. The van der Waals surface area contributed by atoms with Crippen molar-refractivity contribution in [2.45, 2.75) is 45.7 Å². The Kier molecular flexibility index (Phi) is 6.46. The van der Waals surface area contributed by atoms with Gasteiger partial charge < -0.3 is 19.5 Å². The van der Waals surface area contributed by atoms with Gasteiger partial charge in [-0.15, -0.1) is 0 Å². The lowest BCUT2D eigenvalue weighted by Gasteiger charge is -2.33. The van der Waals surface area contributed by atoms with Crippen molar-refractivity contribution >= 4 is 11.8 Å². The maximum Gasteiger partial charge on any atom is 0.263 e. The third-order valence-corrected chi connectivity index (χ3v) is 6.53. The number of hydrogen-bond acceptors (Lipinski definition) is 4. The first-order valence-electron chi connectivity index (χ1n) is 11.3. The van der Waals surface area contributed by atoms with Crippen LogP contribution in [0.2, 0.25) is 0 Å². The van der Waals surface area contributed by atoms with E-state index in [1.807, 2.05) is 48.4 Å². The Morgan fingerprint density at radius 3 is 2.59 bits per heavy atom. The lowest BCUT2D eigenvalue weighted by atomic mass is 9.94. The molecular formula is C25H31N3O4. The summed E-state index contributed by atoms with van der Waals surface area (Å²) in [5.74, 6) is -0.216. The standard InChI is InChI=1S/C25H31N3O4/c1-3-26-22(29)21-20-10-14-28(24(31)25(11-12-25)17-32-2)16-19(20)15-27(23(21)30)13-9-18-7-5-4-6-8-18/h4-8,15H,3,9-14,16-17H2,1-2H3,(H,26,29). The lowest BCUT2D eigenvalue weighted by molar-refractivity contribution is -0.140. The van der Waals surface area contributed by atoms with Gasteiger partial charge in [-0.25, -0.2) is 0 Å². The maximum atomic E-state index is 13.3. The van der Waals surface area contributed by atoms with Gasteiger partial charge in [0.2, 0.25) is 5.91 Å². The Hall–Kier alpha value is -2.93. The minimum atomic E-state index is -0.392. The number of rotatable bonds is 8. The second-order valence-corrected chi connectivity index (χ2v) is 8.79. The summed E-state index contributed by atoms with van der Waals surface area (Å²) in [6.07, 6.45) is 4.74. The smallest absolute Gasteiger partial charge is 0.263 e. The molecule has 4 rings (SSSR count). The van der Waals surface area contributed by atoms with E-state index in [4.69, 9.17) is 4.74 Å². The molecule has 2 heterocycles. The van der Waals surface area contributed by atoms with Crippen LogP contribution in [0.5, 0.6) is 0 Å². The average Bonchev–Trinajstić information content (AvgIpc) is 3.58. The van der Waals surface area contributed by atoms with E-state index >= 15 is 0 Å². The van der Waals surface area contributed by atoms with Gasteiger partial charge >= 0.3 is 0 Å². The van der Waals surface area contributed by atoms with Gasteiger partial charge in [-0.1, -0.05) is 30.3 Å². The van der Waals surface area contributed by atoms with Crippen molar-refractivity contribution in [3.05, 3.63) is 69.1 Å². The second-order valence-electron chi connectivity index (χ2n) is 8.79. The van der Waals surface area contributed by atoms with Gasteiger partial charge in [-0.05, 0) is 49.3 Å². The van der Waals surface area contributed by atoms with Gasteiger partial charge in [0.1, 0.15) is 5.56 Å². The molecule has 0 saturated heterocycles. The molecule has 1 aromatic carbocycles. The third kappa shape index (κ3) is 4.35. The Bertz CT molecular complexity index is 1060. The van der Waals surface area contributed by atoms with E-state index in [2.05, 4.69) is 5.32 Å². The molecule has 2 aromatic rings. The molecule has 0 bridgehead atoms. The minimum absolute atomic E-state index is 0.117. The number of methoxy groups -OCH3 is 1. The quantitative estimate of drug-likeness (QED) is 0.686. The number of nitrogens with one attached hydrogen (secondary N) is 1. The number of fused-ring (bicyclic) bond motifs is 1. The number of aryl methyl sites for hydroxylation is 2. The highest BCUT2D eigenvalue weighted by Crippen LogP contribution is 2.48. The summed E-state index contributed by atoms with van der Waals surface area (Å²) in [5.41, 5.74) is 2.36. The van der Waals surface area contributed by atoms with Crippen LogP contribution in [0.4, 0.5) is 0 Å². The summed E-state index contributed by atoms with van der Waals surface area (Å²) in [6, 6.07) is 9.97. The molecule has 2 aliphatic rings. The lowest BCUT2D eigenvalue weighted by Crippen LogP contribution is -2.44. The molecule has 1 aliphatic heterocycles. The van der Waals surface area contributed by atoms with Crippen LogP contribution in [0, 0.1) is 5.41 Å². The molecule has 0 radical (unpaired) electrons. The first-order chi connectivity index (χ1) is 15.5. The highest BCUT2D eigenvalue weighted by molar-refractivity contribution is 5.96. The number of carbonyl (C=O) groups excluding carboxylic acids is 2. The summed E-state index contributed by atoms with van der Waals surface area (Å²) in [5, 5.41) is 2.79. The number of hydrogen-bond donors (Lipinski definition) is 1. The molecule has 1 N–H and O–H groups in total. The van der Waals surface area contributed by atoms with Crippen LogP contribution < -0.4 is 10.9 Å². The number of amides is 2. The fraction of sp³-hybridized carbons (Fsp3) is 0.480. The Morgan fingerprint density at radius 2 is 1.94 bits per heavy atom. The number of benzene rings is 1. The molecule has 7 heteroatoms. The van der Waals surface area contributed by atoms with Crippen molar-refractivity contribution in [1.82, 2.24) is 14.8 Å². The predicted octanol–water partition coefficient (Wildman–Crippen LogP) is 2.15. The molecule has 7 nitrogen and oxygen atoms in total. The van der Waals surface area contributed by atoms with E-state index in [1.165, 1.54) is 0 Å². The van der Waals surface area contributed by atoms with Crippen molar-refractivity contribution in [1.29, 1.82) is 0 Å². The van der Waals surface area contributed by atoms with Crippen LogP contribution in [0.3, 0.4) is 0 Å². The monoisotopic (exact) mass is 437 g/mol. The fourth-order valence-corrected chi connectivity index (χ4v) is 4.61. The molecule has 1 saturated carbocycles. The fourth-order valence-electron chi connectivity index (χ4n) is 4.61. The SMILES string of the molecule is CCNC(=O)c1c2c(cn(CCc3ccccc3)c1=O)CN(C(=O)C1(COC)CC1)CC2. The second kappa shape index (κ2) is 9.28. The zero-order chi connectivity index (χ0) is 22.7. The van der Waals surface area contributed by atoms with E-state index in [0.717, 1.165) is 29.5 Å². The Morgan fingerprint density at radius 1 is 1.19 bits per heavy atom. The van der Waals surface area contributed by atoms with Crippen molar-refractivity contribution < 1.29 is 14.3 Å². The van der Waals surface area contributed by atoms with Crippen LogP contribution in [-0.4, -0.2) is 48.1 Å². The molecule has 1 aliphatic carbocycles.